The van der Waals surface area contributed by atoms with Crippen LogP contribution in [-0.2, 0) is 13.0 Å². The van der Waals surface area contributed by atoms with Crippen molar-refractivity contribution in [2.45, 2.75) is 64.8 Å². The van der Waals surface area contributed by atoms with Gasteiger partial charge in [-0.3, -0.25) is 14.1 Å². The molecule has 8 nitrogen and oxygen atoms in total. The second-order valence-electron chi connectivity index (χ2n) is 9.19. The van der Waals surface area contributed by atoms with Gasteiger partial charge in [-0.1, -0.05) is 44.7 Å². The van der Waals surface area contributed by atoms with E-state index in [1.807, 2.05) is 45.5 Å². The van der Waals surface area contributed by atoms with E-state index < -0.39 is 0 Å². The number of aryl methyl sites for hydroxylation is 1. The molecule has 34 heavy (non-hydrogen) atoms. The van der Waals surface area contributed by atoms with E-state index in [0.717, 1.165) is 54.0 Å². The molecule has 1 aliphatic rings. The zero-order chi connectivity index (χ0) is 23.3. The molecule has 0 spiro atoms. The molecule has 4 aromatic rings. The Labute approximate surface area is 199 Å². The number of aromatic amines is 1. The zero-order valence-corrected chi connectivity index (χ0v) is 19.7. The molecule has 0 saturated heterocycles. The van der Waals surface area contributed by atoms with Crippen molar-refractivity contribution in [1.29, 1.82) is 0 Å². The molecular formula is C26H31N7O. The Balaban J connectivity index is 1.48. The summed E-state index contributed by atoms with van der Waals surface area (Å²) in [6, 6.07) is 11.9. The molecule has 1 saturated carbocycles. The lowest BCUT2D eigenvalue weighted by atomic mass is 9.89. The van der Waals surface area contributed by atoms with E-state index in [9.17, 15) is 4.79 Å². The van der Waals surface area contributed by atoms with Gasteiger partial charge < -0.3 is 0 Å². The van der Waals surface area contributed by atoms with Gasteiger partial charge in [0.25, 0.3) is 0 Å². The highest BCUT2D eigenvalue weighted by atomic mass is 16.1. The number of rotatable bonds is 8. The summed E-state index contributed by atoms with van der Waals surface area (Å²) in [4.78, 5) is 18.0. The summed E-state index contributed by atoms with van der Waals surface area (Å²) in [6.45, 7) is 3.01. The second-order valence-corrected chi connectivity index (χ2v) is 9.19. The molecule has 0 radical (unpaired) electrons. The van der Waals surface area contributed by atoms with Crippen LogP contribution in [0.1, 0.15) is 57.6 Å². The van der Waals surface area contributed by atoms with Gasteiger partial charge in [0.05, 0.1) is 11.4 Å². The monoisotopic (exact) mass is 457 g/mol. The molecule has 0 amide bonds. The van der Waals surface area contributed by atoms with Crippen molar-refractivity contribution in [3.05, 3.63) is 65.0 Å². The van der Waals surface area contributed by atoms with Gasteiger partial charge >= 0.3 is 5.69 Å². The van der Waals surface area contributed by atoms with Gasteiger partial charge in [0.1, 0.15) is 0 Å². The standard InChI is InChI=1S/C26H31N7O/c1-2-3-10-22-18-32(17-19-8-5-4-6-9-19)26(34)33(22)21-14-12-20(13-15-21)24-23(11-7-16-27-24)25-28-30-31-29-25/h7,11-16,18-19H,2-6,8-10,17H2,1H3,(H,28,29,30,31). The normalized spacial score (nSPS) is 14.5. The SMILES string of the molecule is CCCCc1cn(CC2CCCCC2)c(=O)n1-c1ccc(-c2ncccc2-c2nnn[nH]2)cc1. The maximum Gasteiger partial charge on any atom is 0.332 e. The van der Waals surface area contributed by atoms with E-state index in [0.29, 0.717) is 11.7 Å². The lowest BCUT2D eigenvalue weighted by Crippen LogP contribution is -2.27. The Morgan fingerprint density at radius 2 is 1.91 bits per heavy atom. The van der Waals surface area contributed by atoms with Crippen LogP contribution in [0.2, 0.25) is 0 Å². The molecule has 8 heteroatoms. The number of pyridine rings is 1. The molecule has 176 valence electrons. The van der Waals surface area contributed by atoms with Crippen LogP contribution in [-0.4, -0.2) is 34.7 Å². The first-order valence-corrected chi connectivity index (χ1v) is 12.4. The summed E-state index contributed by atoms with van der Waals surface area (Å²) < 4.78 is 3.84. The molecule has 5 rings (SSSR count). The molecule has 1 N–H and O–H groups in total. The Hall–Kier alpha value is -3.55. The smallest absolute Gasteiger partial charge is 0.298 e. The predicted octanol–water partition coefficient (Wildman–Crippen LogP) is 4.80. The number of nitrogens with zero attached hydrogens (tertiary/aromatic N) is 6. The molecule has 3 aromatic heterocycles. The predicted molar refractivity (Wildman–Crippen MR) is 132 cm³/mol. The maximum atomic E-state index is 13.5. The van der Waals surface area contributed by atoms with E-state index in [1.165, 1.54) is 32.1 Å². The van der Waals surface area contributed by atoms with E-state index >= 15 is 0 Å². The number of imidazole rings is 1. The number of nitrogens with one attached hydrogen (secondary N) is 1. The Kier molecular flexibility index (Phi) is 6.65. The van der Waals surface area contributed by atoms with Crippen molar-refractivity contribution in [3.63, 3.8) is 0 Å². The van der Waals surface area contributed by atoms with Gasteiger partial charge in [-0.2, -0.15) is 0 Å². The number of H-pyrrole nitrogens is 1. The van der Waals surface area contributed by atoms with Crippen LogP contribution in [0.4, 0.5) is 0 Å². The second kappa shape index (κ2) is 10.2. The van der Waals surface area contributed by atoms with E-state index in [4.69, 9.17) is 0 Å². The minimum absolute atomic E-state index is 0.0654. The number of benzene rings is 1. The third kappa shape index (κ3) is 4.58. The van der Waals surface area contributed by atoms with E-state index in [-0.39, 0.29) is 5.69 Å². The van der Waals surface area contributed by atoms with Crippen LogP contribution < -0.4 is 5.69 Å². The molecule has 0 bridgehead atoms. The van der Waals surface area contributed by atoms with Crippen molar-refractivity contribution in [2.24, 2.45) is 5.92 Å². The third-order valence-electron chi connectivity index (χ3n) is 6.80. The number of aromatic nitrogens is 7. The number of hydrogen-bond donors (Lipinski definition) is 1. The molecule has 0 aliphatic heterocycles. The number of unbranched alkanes of at least 4 members (excludes halogenated alkanes) is 1. The van der Waals surface area contributed by atoms with Gasteiger partial charge in [-0.15, -0.1) is 5.10 Å². The molecule has 1 aliphatic carbocycles. The summed E-state index contributed by atoms with van der Waals surface area (Å²) >= 11 is 0. The third-order valence-corrected chi connectivity index (χ3v) is 6.80. The zero-order valence-electron chi connectivity index (χ0n) is 19.7. The van der Waals surface area contributed by atoms with Crippen molar-refractivity contribution in [2.75, 3.05) is 0 Å². The molecule has 1 aromatic carbocycles. The average molecular weight is 458 g/mol. The molecule has 1 fully saturated rings. The first-order valence-electron chi connectivity index (χ1n) is 12.4. The fourth-order valence-electron chi connectivity index (χ4n) is 5.00. The van der Waals surface area contributed by atoms with E-state index in [2.05, 4.69) is 38.7 Å². The van der Waals surface area contributed by atoms with Gasteiger partial charge in [0.2, 0.25) is 0 Å². The fourth-order valence-corrected chi connectivity index (χ4v) is 5.00. The number of hydrogen-bond acceptors (Lipinski definition) is 5. The van der Waals surface area contributed by atoms with E-state index in [1.54, 1.807) is 6.20 Å². The lowest BCUT2D eigenvalue weighted by Gasteiger charge is -2.21. The lowest BCUT2D eigenvalue weighted by molar-refractivity contribution is 0.316. The molecular weight excluding hydrogens is 426 g/mol. The first kappa shape index (κ1) is 22.3. The molecule has 0 unspecified atom stereocenters. The van der Waals surface area contributed by atoms with Crippen LogP contribution in [0.5, 0.6) is 0 Å². The van der Waals surface area contributed by atoms with Crippen molar-refractivity contribution < 1.29 is 0 Å². The van der Waals surface area contributed by atoms with Crippen molar-refractivity contribution in [1.82, 2.24) is 34.7 Å². The van der Waals surface area contributed by atoms with Crippen LogP contribution in [0.3, 0.4) is 0 Å². The molecule has 0 atom stereocenters. The highest BCUT2D eigenvalue weighted by Crippen LogP contribution is 2.29. The van der Waals surface area contributed by atoms with Crippen LogP contribution >= 0.6 is 0 Å². The van der Waals surface area contributed by atoms with Crippen LogP contribution in [0.25, 0.3) is 28.3 Å². The fraction of sp³-hybridized carbons (Fsp3) is 0.423. The average Bonchev–Trinajstić information content (AvgIpc) is 3.52. The van der Waals surface area contributed by atoms with Crippen molar-refractivity contribution in [3.8, 4) is 28.3 Å². The molecule has 3 heterocycles. The maximum absolute atomic E-state index is 13.5. The first-order chi connectivity index (χ1) is 16.7. The van der Waals surface area contributed by atoms with Gasteiger partial charge in [-0.05, 0) is 66.3 Å². The minimum atomic E-state index is 0.0654. The Morgan fingerprint density at radius 3 is 2.65 bits per heavy atom. The van der Waals surface area contributed by atoms with Gasteiger partial charge in [0, 0.05) is 35.8 Å². The minimum Gasteiger partial charge on any atom is -0.298 e. The summed E-state index contributed by atoms with van der Waals surface area (Å²) in [7, 11) is 0. The highest BCUT2D eigenvalue weighted by molar-refractivity contribution is 5.77. The highest BCUT2D eigenvalue weighted by Gasteiger charge is 2.19. The number of tetrazole rings is 1. The van der Waals surface area contributed by atoms with Gasteiger partial charge in [0.15, 0.2) is 5.82 Å². The largest absolute Gasteiger partial charge is 0.332 e. The topological polar surface area (TPSA) is 94.3 Å². The summed E-state index contributed by atoms with van der Waals surface area (Å²) in [6.07, 6.45) is 13.2. The summed E-state index contributed by atoms with van der Waals surface area (Å²) in [5, 5.41) is 14.2. The van der Waals surface area contributed by atoms with Crippen molar-refractivity contribution >= 4 is 0 Å². The quantitative estimate of drug-likeness (QED) is 0.410. The van der Waals surface area contributed by atoms with Crippen LogP contribution in [0, 0.1) is 5.92 Å². The van der Waals surface area contributed by atoms with Gasteiger partial charge in [-0.25, -0.2) is 9.89 Å². The summed E-state index contributed by atoms with van der Waals surface area (Å²) in [5.74, 6) is 1.18. The Bertz CT molecular complexity index is 1270. The van der Waals surface area contributed by atoms with Crippen LogP contribution in [0.15, 0.2) is 53.6 Å². The summed E-state index contributed by atoms with van der Waals surface area (Å²) in [5.41, 5.74) is 4.61. The Morgan fingerprint density at radius 1 is 1.09 bits per heavy atom.